The zero-order valence-electron chi connectivity index (χ0n) is 14.5. The monoisotopic (exact) mass is 333 g/mol. The van der Waals surface area contributed by atoms with Gasteiger partial charge in [0.1, 0.15) is 5.82 Å². The van der Waals surface area contributed by atoms with Gasteiger partial charge in [0.2, 0.25) is 5.91 Å². The van der Waals surface area contributed by atoms with Crippen molar-refractivity contribution >= 4 is 5.91 Å². The van der Waals surface area contributed by atoms with E-state index in [2.05, 4.69) is 22.2 Å². The summed E-state index contributed by atoms with van der Waals surface area (Å²) in [7, 11) is 2.13. The molecular weight excluding hydrogens is 305 g/mol. The topological polar surface area (TPSA) is 35.6 Å². The van der Waals surface area contributed by atoms with E-state index in [1.165, 1.54) is 12.1 Å². The number of carbonyl (C=O) groups is 1. The molecule has 3 rings (SSSR count). The lowest BCUT2D eigenvalue weighted by Crippen LogP contribution is -2.48. The van der Waals surface area contributed by atoms with Crippen molar-refractivity contribution < 1.29 is 9.18 Å². The lowest BCUT2D eigenvalue weighted by molar-refractivity contribution is -0.127. The second-order valence-electron chi connectivity index (χ2n) is 7.29. The van der Waals surface area contributed by atoms with Crippen molar-refractivity contribution in [1.29, 1.82) is 0 Å². The number of amides is 1. The van der Waals surface area contributed by atoms with Crippen LogP contribution in [0.5, 0.6) is 0 Å². The highest BCUT2D eigenvalue weighted by Crippen LogP contribution is 2.20. The number of hydrogen-bond donors (Lipinski definition) is 1. The molecule has 4 nitrogen and oxygen atoms in total. The van der Waals surface area contributed by atoms with Gasteiger partial charge >= 0.3 is 0 Å². The Morgan fingerprint density at radius 3 is 2.58 bits per heavy atom. The summed E-state index contributed by atoms with van der Waals surface area (Å²) in [4.78, 5) is 17.2. The fourth-order valence-corrected chi connectivity index (χ4v) is 3.73. The van der Waals surface area contributed by atoms with E-state index in [-0.39, 0.29) is 17.6 Å². The van der Waals surface area contributed by atoms with Crippen LogP contribution < -0.4 is 5.32 Å². The lowest BCUT2D eigenvalue weighted by Gasteiger charge is -2.34. The van der Waals surface area contributed by atoms with Gasteiger partial charge in [-0.15, -0.1) is 0 Å². The molecule has 2 fully saturated rings. The molecule has 0 aromatic heterocycles. The molecule has 0 radical (unpaired) electrons. The summed E-state index contributed by atoms with van der Waals surface area (Å²) in [5.74, 6) is 0.0972. The summed E-state index contributed by atoms with van der Waals surface area (Å²) in [6.07, 6.45) is 4.12. The fraction of sp³-hybridized carbons (Fsp3) is 0.632. The molecule has 1 unspecified atom stereocenters. The molecule has 0 saturated carbocycles. The number of nitrogens with zero attached hydrogens (tertiary/aromatic N) is 2. The molecule has 1 atom stereocenters. The molecule has 132 valence electrons. The molecule has 0 bridgehead atoms. The van der Waals surface area contributed by atoms with Crippen LogP contribution in [0.25, 0.3) is 0 Å². The van der Waals surface area contributed by atoms with Crippen LogP contribution in [0, 0.1) is 11.7 Å². The number of carbonyl (C=O) groups excluding carboxylic acids is 1. The van der Waals surface area contributed by atoms with Crippen molar-refractivity contribution in [3.63, 3.8) is 0 Å². The summed E-state index contributed by atoms with van der Waals surface area (Å²) < 4.78 is 13.0. The van der Waals surface area contributed by atoms with Crippen LogP contribution >= 0.6 is 0 Å². The van der Waals surface area contributed by atoms with Crippen molar-refractivity contribution in [3.05, 3.63) is 35.6 Å². The van der Waals surface area contributed by atoms with Crippen molar-refractivity contribution in [3.8, 4) is 0 Å². The first-order valence-corrected chi connectivity index (χ1v) is 9.06. The molecule has 2 heterocycles. The Hall–Kier alpha value is -1.46. The number of halogens is 1. The highest BCUT2D eigenvalue weighted by Gasteiger charge is 2.28. The van der Waals surface area contributed by atoms with Gasteiger partial charge in [-0.3, -0.25) is 9.69 Å². The number of piperidine rings is 2. The summed E-state index contributed by atoms with van der Waals surface area (Å²) >= 11 is 0. The Bertz CT molecular complexity index is 540. The molecule has 1 aromatic carbocycles. The standard InChI is InChI=1S/C19H28FN3O/c1-22-11-8-18(9-12-22)21-19(24)16-3-2-10-23(14-16)13-15-4-6-17(20)7-5-15/h4-7,16,18H,2-3,8-14H2,1H3,(H,21,24). The number of likely N-dealkylation sites (tertiary alicyclic amines) is 2. The maximum atomic E-state index is 13.0. The van der Waals surface area contributed by atoms with Crippen molar-refractivity contribution in [2.45, 2.75) is 38.3 Å². The third-order valence-electron chi connectivity index (χ3n) is 5.26. The van der Waals surface area contributed by atoms with E-state index in [1.807, 2.05) is 12.1 Å². The summed E-state index contributed by atoms with van der Waals surface area (Å²) in [6.45, 7) is 4.72. The predicted molar refractivity (Wildman–Crippen MR) is 93.1 cm³/mol. The van der Waals surface area contributed by atoms with E-state index in [9.17, 15) is 9.18 Å². The van der Waals surface area contributed by atoms with Gasteiger partial charge in [0, 0.05) is 19.1 Å². The first-order chi connectivity index (χ1) is 11.6. The molecule has 5 heteroatoms. The van der Waals surface area contributed by atoms with Gasteiger partial charge < -0.3 is 10.2 Å². The summed E-state index contributed by atoms with van der Waals surface area (Å²) in [5, 5.41) is 3.26. The molecule has 2 saturated heterocycles. The SMILES string of the molecule is CN1CCC(NC(=O)C2CCCN(Cc3ccc(F)cc3)C2)CC1. The Morgan fingerprint density at radius 2 is 1.88 bits per heavy atom. The van der Waals surface area contributed by atoms with Gasteiger partial charge in [-0.05, 0) is 70.1 Å². The Labute approximate surface area is 144 Å². The fourth-order valence-electron chi connectivity index (χ4n) is 3.73. The molecule has 2 aliphatic heterocycles. The van der Waals surface area contributed by atoms with Gasteiger partial charge in [-0.1, -0.05) is 12.1 Å². The predicted octanol–water partition coefficient (Wildman–Crippen LogP) is 2.25. The first kappa shape index (κ1) is 17.4. The highest BCUT2D eigenvalue weighted by atomic mass is 19.1. The maximum absolute atomic E-state index is 13.0. The Balaban J connectivity index is 1.49. The van der Waals surface area contributed by atoms with Crippen molar-refractivity contribution in [2.75, 3.05) is 33.2 Å². The van der Waals surface area contributed by atoms with E-state index in [0.717, 1.165) is 64.0 Å². The molecule has 24 heavy (non-hydrogen) atoms. The molecule has 0 aliphatic carbocycles. The van der Waals surface area contributed by atoms with Crippen LogP contribution in [-0.2, 0) is 11.3 Å². The average molecular weight is 333 g/mol. The second kappa shape index (κ2) is 8.08. The highest BCUT2D eigenvalue weighted by molar-refractivity contribution is 5.79. The van der Waals surface area contributed by atoms with Crippen LogP contribution in [0.3, 0.4) is 0 Å². The third-order valence-corrected chi connectivity index (χ3v) is 5.26. The molecule has 2 aliphatic rings. The average Bonchev–Trinajstić information content (AvgIpc) is 2.59. The van der Waals surface area contributed by atoms with Crippen molar-refractivity contribution in [1.82, 2.24) is 15.1 Å². The second-order valence-corrected chi connectivity index (χ2v) is 7.29. The van der Waals surface area contributed by atoms with Gasteiger partial charge in [0.05, 0.1) is 5.92 Å². The lowest BCUT2D eigenvalue weighted by atomic mass is 9.95. The van der Waals surface area contributed by atoms with Crippen molar-refractivity contribution in [2.24, 2.45) is 5.92 Å². The van der Waals surface area contributed by atoms with Gasteiger partial charge in [0.25, 0.3) is 0 Å². The first-order valence-electron chi connectivity index (χ1n) is 9.06. The summed E-state index contributed by atoms with van der Waals surface area (Å²) in [5.41, 5.74) is 1.10. The minimum Gasteiger partial charge on any atom is -0.353 e. The number of benzene rings is 1. The maximum Gasteiger partial charge on any atom is 0.224 e. The van der Waals surface area contributed by atoms with Crippen LogP contribution in [0.15, 0.2) is 24.3 Å². The molecular formula is C19H28FN3O. The minimum atomic E-state index is -0.201. The quantitative estimate of drug-likeness (QED) is 0.918. The number of nitrogens with one attached hydrogen (secondary N) is 1. The number of hydrogen-bond acceptors (Lipinski definition) is 3. The zero-order chi connectivity index (χ0) is 16.9. The summed E-state index contributed by atoms with van der Waals surface area (Å²) in [6, 6.07) is 7.00. The molecule has 1 amide bonds. The molecule has 0 spiro atoms. The van der Waals surface area contributed by atoms with E-state index in [1.54, 1.807) is 0 Å². The zero-order valence-corrected chi connectivity index (χ0v) is 14.5. The minimum absolute atomic E-state index is 0.0823. The van der Waals surface area contributed by atoms with Crippen LogP contribution in [0.4, 0.5) is 4.39 Å². The third kappa shape index (κ3) is 4.77. The molecule has 1 N–H and O–H groups in total. The van der Waals surface area contributed by atoms with Crippen LogP contribution in [0.2, 0.25) is 0 Å². The van der Waals surface area contributed by atoms with Gasteiger partial charge in [0.15, 0.2) is 0 Å². The number of rotatable bonds is 4. The Morgan fingerprint density at radius 1 is 1.17 bits per heavy atom. The van der Waals surface area contributed by atoms with Gasteiger partial charge in [-0.2, -0.15) is 0 Å². The van der Waals surface area contributed by atoms with E-state index >= 15 is 0 Å². The molecule has 1 aromatic rings. The normalized spacial score (nSPS) is 24.0. The van der Waals surface area contributed by atoms with E-state index in [4.69, 9.17) is 0 Å². The van der Waals surface area contributed by atoms with E-state index in [0.29, 0.717) is 6.04 Å². The largest absolute Gasteiger partial charge is 0.353 e. The van der Waals surface area contributed by atoms with Gasteiger partial charge in [-0.25, -0.2) is 4.39 Å². The van der Waals surface area contributed by atoms with Crippen LogP contribution in [0.1, 0.15) is 31.2 Å². The van der Waals surface area contributed by atoms with E-state index < -0.39 is 0 Å². The van der Waals surface area contributed by atoms with Crippen LogP contribution in [-0.4, -0.2) is 55.0 Å². The Kier molecular flexibility index (Phi) is 5.85. The smallest absolute Gasteiger partial charge is 0.224 e.